The van der Waals surface area contributed by atoms with Gasteiger partial charge in [-0.05, 0) is 12.5 Å². The number of hydrogen-bond acceptors (Lipinski definition) is 1. The molecule has 0 unspecified atom stereocenters. The zero-order chi connectivity index (χ0) is 4.83. The van der Waals surface area contributed by atoms with Crippen molar-refractivity contribution in [2.45, 2.75) is 13.3 Å². The molecular formula is C5H9N. The maximum absolute atomic E-state index is 6.49. The summed E-state index contributed by atoms with van der Waals surface area (Å²) in [7, 11) is 0. The molecule has 0 aliphatic carbocycles. The lowest BCUT2D eigenvalue weighted by Crippen LogP contribution is -1.54. The van der Waals surface area contributed by atoms with Gasteiger partial charge in [-0.2, -0.15) is 0 Å². The van der Waals surface area contributed by atoms with Crippen molar-refractivity contribution in [3.63, 3.8) is 0 Å². The van der Waals surface area contributed by atoms with Crippen LogP contribution in [0.25, 0.3) is 0 Å². The molecule has 6 heavy (non-hydrogen) atoms. The third kappa shape index (κ3) is 3.41. The summed E-state index contributed by atoms with van der Waals surface area (Å²) in [6.45, 7) is 2.04. The Hall–Kier alpha value is -0.590. The van der Waals surface area contributed by atoms with Crippen LogP contribution in [-0.2, 0) is 0 Å². The standard InChI is InChI=1S/C5H9N/c1-2-3-4-5-6/h3-6H,2H2,1H3/b4-3-,6-5?. The highest BCUT2D eigenvalue weighted by Gasteiger charge is 1.56. The highest BCUT2D eigenvalue weighted by Crippen LogP contribution is 1.73. The van der Waals surface area contributed by atoms with Crippen LogP contribution >= 0.6 is 0 Å². The Balaban J connectivity index is 2.94. The van der Waals surface area contributed by atoms with Crippen molar-refractivity contribution in [1.29, 1.82) is 5.41 Å². The van der Waals surface area contributed by atoms with Gasteiger partial charge in [0.2, 0.25) is 0 Å². The van der Waals surface area contributed by atoms with Crippen molar-refractivity contribution < 1.29 is 0 Å². The van der Waals surface area contributed by atoms with Crippen molar-refractivity contribution >= 4 is 6.21 Å². The van der Waals surface area contributed by atoms with Crippen LogP contribution in [0, 0.1) is 5.41 Å². The van der Waals surface area contributed by atoms with Crippen molar-refractivity contribution in [2.24, 2.45) is 0 Å². The van der Waals surface area contributed by atoms with Gasteiger partial charge in [0.25, 0.3) is 0 Å². The van der Waals surface area contributed by atoms with Gasteiger partial charge < -0.3 is 5.41 Å². The van der Waals surface area contributed by atoms with E-state index in [1.165, 1.54) is 6.21 Å². The lowest BCUT2D eigenvalue weighted by molar-refractivity contribution is 1.23. The van der Waals surface area contributed by atoms with Crippen LogP contribution in [0.15, 0.2) is 12.2 Å². The number of rotatable bonds is 2. The fourth-order valence-corrected chi connectivity index (χ4v) is 0.204. The maximum atomic E-state index is 6.49. The Kier molecular flexibility index (Phi) is 3.98. The van der Waals surface area contributed by atoms with Gasteiger partial charge in [-0.25, -0.2) is 0 Å². The molecule has 0 aliphatic rings. The molecule has 0 rings (SSSR count). The Morgan fingerprint density at radius 3 is 2.50 bits per heavy atom. The van der Waals surface area contributed by atoms with Crippen LogP contribution in [0.4, 0.5) is 0 Å². The Morgan fingerprint density at radius 1 is 1.67 bits per heavy atom. The number of hydrogen-bond donors (Lipinski definition) is 1. The van der Waals surface area contributed by atoms with Crippen LogP contribution in [0.5, 0.6) is 0 Å². The molecule has 0 saturated heterocycles. The van der Waals surface area contributed by atoms with Crippen molar-refractivity contribution in [3.05, 3.63) is 12.2 Å². The zero-order valence-electron chi connectivity index (χ0n) is 3.94. The SMILES string of the molecule is CC/C=C\C=N. The minimum absolute atomic E-state index is 1.02. The van der Waals surface area contributed by atoms with E-state index in [9.17, 15) is 0 Å². The first-order valence-corrected chi connectivity index (χ1v) is 2.07. The van der Waals surface area contributed by atoms with Gasteiger partial charge >= 0.3 is 0 Å². The average molecular weight is 83.1 g/mol. The Morgan fingerprint density at radius 2 is 2.33 bits per heavy atom. The molecule has 0 bridgehead atoms. The van der Waals surface area contributed by atoms with Gasteiger partial charge in [-0.15, -0.1) is 0 Å². The fourth-order valence-electron chi connectivity index (χ4n) is 0.204. The monoisotopic (exact) mass is 83.1 g/mol. The van der Waals surface area contributed by atoms with Gasteiger partial charge in [0.15, 0.2) is 0 Å². The third-order valence-corrected chi connectivity index (χ3v) is 0.468. The topological polar surface area (TPSA) is 23.9 Å². The molecule has 0 amide bonds. The molecule has 1 heteroatoms. The zero-order valence-corrected chi connectivity index (χ0v) is 3.94. The molecule has 0 saturated carbocycles. The van der Waals surface area contributed by atoms with Crippen LogP contribution in [0.3, 0.4) is 0 Å². The largest absolute Gasteiger partial charge is 0.309 e. The van der Waals surface area contributed by atoms with E-state index < -0.39 is 0 Å². The fraction of sp³-hybridized carbons (Fsp3) is 0.400. The van der Waals surface area contributed by atoms with E-state index in [0.717, 1.165) is 6.42 Å². The summed E-state index contributed by atoms with van der Waals surface area (Å²) in [5, 5.41) is 6.49. The minimum atomic E-state index is 1.02. The quantitative estimate of drug-likeness (QED) is 0.490. The van der Waals surface area contributed by atoms with Gasteiger partial charge in [0.05, 0.1) is 0 Å². The van der Waals surface area contributed by atoms with Crippen molar-refractivity contribution in [1.82, 2.24) is 0 Å². The third-order valence-electron chi connectivity index (χ3n) is 0.468. The molecule has 0 atom stereocenters. The van der Waals surface area contributed by atoms with Crippen LogP contribution in [-0.4, -0.2) is 6.21 Å². The summed E-state index contributed by atoms with van der Waals surface area (Å²) in [4.78, 5) is 0. The predicted molar refractivity (Wildman–Crippen MR) is 28.2 cm³/mol. The molecule has 1 nitrogen and oxygen atoms in total. The van der Waals surface area contributed by atoms with E-state index in [4.69, 9.17) is 5.41 Å². The molecule has 1 N–H and O–H groups in total. The van der Waals surface area contributed by atoms with Crippen molar-refractivity contribution in [2.75, 3.05) is 0 Å². The smallest absolute Gasteiger partial charge is 0.0174 e. The van der Waals surface area contributed by atoms with Gasteiger partial charge in [-0.3, -0.25) is 0 Å². The van der Waals surface area contributed by atoms with Crippen molar-refractivity contribution in [3.8, 4) is 0 Å². The van der Waals surface area contributed by atoms with E-state index in [-0.39, 0.29) is 0 Å². The molecule has 0 aliphatic heterocycles. The van der Waals surface area contributed by atoms with Gasteiger partial charge in [0, 0.05) is 6.21 Å². The molecule has 0 fully saturated rings. The molecular weight excluding hydrogens is 74.1 g/mol. The first-order chi connectivity index (χ1) is 2.91. The van der Waals surface area contributed by atoms with E-state index in [1.807, 2.05) is 13.0 Å². The van der Waals surface area contributed by atoms with E-state index in [1.54, 1.807) is 6.08 Å². The van der Waals surface area contributed by atoms with Gasteiger partial charge in [-0.1, -0.05) is 13.0 Å². The summed E-state index contributed by atoms with van der Waals surface area (Å²) >= 11 is 0. The Bertz CT molecular complexity index is 55.0. The Labute approximate surface area is 38.2 Å². The maximum Gasteiger partial charge on any atom is 0.0174 e. The first-order valence-electron chi connectivity index (χ1n) is 2.07. The molecule has 0 spiro atoms. The number of allylic oxidation sites excluding steroid dienone is 2. The summed E-state index contributed by atoms with van der Waals surface area (Å²) in [6.07, 6.45) is 5.96. The highest BCUT2D eigenvalue weighted by molar-refractivity contribution is 5.67. The molecule has 0 aromatic heterocycles. The number of nitrogens with one attached hydrogen (secondary N) is 1. The van der Waals surface area contributed by atoms with E-state index in [0.29, 0.717) is 0 Å². The molecule has 0 aromatic rings. The second-order valence-corrected chi connectivity index (χ2v) is 1.00. The summed E-state index contributed by atoms with van der Waals surface area (Å²) < 4.78 is 0. The van der Waals surface area contributed by atoms with Gasteiger partial charge in [0.1, 0.15) is 0 Å². The lowest BCUT2D eigenvalue weighted by atomic mass is 10.4. The predicted octanol–water partition coefficient (Wildman–Crippen LogP) is 1.60. The van der Waals surface area contributed by atoms with Crippen LogP contribution < -0.4 is 0 Å². The first kappa shape index (κ1) is 5.41. The minimum Gasteiger partial charge on any atom is -0.309 e. The second-order valence-electron chi connectivity index (χ2n) is 1.00. The van der Waals surface area contributed by atoms with Crippen LogP contribution in [0.2, 0.25) is 0 Å². The second kappa shape index (κ2) is 4.41. The highest BCUT2D eigenvalue weighted by atomic mass is 14.3. The van der Waals surface area contributed by atoms with Crippen LogP contribution in [0.1, 0.15) is 13.3 Å². The lowest BCUT2D eigenvalue weighted by Gasteiger charge is -1.66. The normalized spacial score (nSPS) is 9.50. The molecule has 0 heterocycles. The summed E-state index contributed by atoms with van der Waals surface area (Å²) in [6, 6.07) is 0. The molecule has 0 radical (unpaired) electrons. The van der Waals surface area contributed by atoms with E-state index >= 15 is 0 Å². The molecule has 0 aromatic carbocycles. The molecule has 34 valence electrons. The average Bonchev–Trinajstić information content (AvgIpc) is 1.61. The van der Waals surface area contributed by atoms with E-state index in [2.05, 4.69) is 0 Å². The summed E-state index contributed by atoms with van der Waals surface area (Å²) in [5.74, 6) is 0. The summed E-state index contributed by atoms with van der Waals surface area (Å²) in [5.41, 5.74) is 0.